The fourth-order valence-corrected chi connectivity index (χ4v) is 2.15. The van der Waals surface area contributed by atoms with Crippen molar-refractivity contribution in [1.29, 1.82) is 0 Å². The number of aryl methyl sites for hydroxylation is 1. The minimum atomic E-state index is -0.133. The molecule has 0 saturated heterocycles. The number of aromatic hydroxyl groups is 1. The lowest BCUT2D eigenvalue weighted by molar-refractivity contribution is 0.102. The molecule has 0 bridgehead atoms. The highest BCUT2D eigenvalue weighted by atomic mass is 16.3. The molecule has 0 aliphatic rings. The van der Waals surface area contributed by atoms with Gasteiger partial charge in [-0.3, -0.25) is 4.79 Å². The molecule has 0 radical (unpaired) electrons. The second-order valence-electron chi connectivity index (χ2n) is 4.97. The SMILES string of the molecule is CNCCc1ccccc1C(=O)Nc1ccc(O)c(C)c1. The molecular formula is C17H20N2O2. The second kappa shape index (κ2) is 6.90. The van der Waals surface area contributed by atoms with Crippen LogP contribution < -0.4 is 10.6 Å². The van der Waals surface area contributed by atoms with Gasteiger partial charge in [-0.05, 0) is 62.3 Å². The quantitative estimate of drug-likeness (QED) is 0.740. The molecule has 0 unspecified atom stereocenters. The van der Waals surface area contributed by atoms with E-state index in [2.05, 4.69) is 10.6 Å². The van der Waals surface area contributed by atoms with Gasteiger partial charge in [0.2, 0.25) is 0 Å². The summed E-state index contributed by atoms with van der Waals surface area (Å²) < 4.78 is 0. The summed E-state index contributed by atoms with van der Waals surface area (Å²) in [5, 5.41) is 15.5. The fourth-order valence-electron chi connectivity index (χ4n) is 2.15. The first-order valence-corrected chi connectivity index (χ1v) is 6.95. The van der Waals surface area contributed by atoms with Crippen molar-refractivity contribution in [3.05, 3.63) is 59.2 Å². The van der Waals surface area contributed by atoms with Crippen molar-refractivity contribution in [2.45, 2.75) is 13.3 Å². The molecule has 3 N–H and O–H groups in total. The standard InChI is InChI=1S/C17H20N2O2/c1-12-11-14(7-8-16(12)20)19-17(21)15-6-4-3-5-13(15)9-10-18-2/h3-8,11,18,20H,9-10H2,1-2H3,(H,19,21). The lowest BCUT2D eigenvalue weighted by Crippen LogP contribution is -2.17. The third-order valence-electron chi connectivity index (χ3n) is 3.36. The van der Waals surface area contributed by atoms with Crippen molar-refractivity contribution in [3.63, 3.8) is 0 Å². The van der Waals surface area contributed by atoms with Crippen LogP contribution in [0.4, 0.5) is 5.69 Å². The first-order chi connectivity index (χ1) is 10.1. The molecule has 4 nitrogen and oxygen atoms in total. The van der Waals surface area contributed by atoms with E-state index in [4.69, 9.17) is 0 Å². The number of hydrogen-bond acceptors (Lipinski definition) is 3. The van der Waals surface area contributed by atoms with Gasteiger partial charge >= 0.3 is 0 Å². The van der Waals surface area contributed by atoms with Gasteiger partial charge in [0, 0.05) is 11.3 Å². The summed E-state index contributed by atoms with van der Waals surface area (Å²) in [4.78, 5) is 12.4. The maximum atomic E-state index is 12.4. The van der Waals surface area contributed by atoms with E-state index in [-0.39, 0.29) is 11.7 Å². The zero-order valence-corrected chi connectivity index (χ0v) is 12.3. The van der Waals surface area contributed by atoms with Gasteiger partial charge < -0.3 is 15.7 Å². The van der Waals surface area contributed by atoms with Crippen molar-refractivity contribution in [3.8, 4) is 5.75 Å². The molecule has 0 fully saturated rings. The summed E-state index contributed by atoms with van der Waals surface area (Å²) in [5.41, 5.74) is 3.10. The highest BCUT2D eigenvalue weighted by Gasteiger charge is 2.11. The Morgan fingerprint density at radius 2 is 1.95 bits per heavy atom. The van der Waals surface area contributed by atoms with Crippen molar-refractivity contribution < 1.29 is 9.90 Å². The number of benzene rings is 2. The normalized spacial score (nSPS) is 10.4. The van der Waals surface area contributed by atoms with Gasteiger partial charge in [0.25, 0.3) is 5.91 Å². The maximum absolute atomic E-state index is 12.4. The zero-order valence-electron chi connectivity index (χ0n) is 12.3. The van der Waals surface area contributed by atoms with Crippen LogP contribution in [0.25, 0.3) is 0 Å². The summed E-state index contributed by atoms with van der Waals surface area (Å²) in [6.45, 7) is 2.62. The number of anilines is 1. The van der Waals surface area contributed by atoms with Gasteiger partial charge in [-0.1, -0.05) is 18.2 Å². The van der Waals surface area contributed by atoms with E-state index in [1.54, 1.807) is 25.1 Å². The number of phenols is 1. The van der Waals surface area contributed by atoms with Gasteiger partial charge in [0.05, 0.1) is 0 Å². The van der Waals surface area contributed by atoms with Crippen LogP contribution in [0.1, 0.15) is 21.5 Å². The Morgan fingerprint density at radius 3 is 2.67 bits per heavy atom. The molecule has 21 heavy (non-hydrogen) atoms. The van der Waals surface area contributed by atoms with E-state index < -0.39 is 0 Å². The van der Waals surface area contributed by atoms with Crippen LogP contribution in [-0.2, 0) is 6.42 Å². The summed E-state index contributed by atoms with van der Waals surface area (Å²) >= 11 is 0. The van der Waals surface area contributed by atoms with Crippen LogP contribution in [0, 0.1) is 6.92 Å². The Labute approximate surface area is 124 Å². The first-order valence-electron chi connectivity index (χ1n) is 6.95. The molecule has 0 spiro atoms. The van der Waals surface area contributed by atoms with Gasteiger partial charge in [-0.25, -0.2) is 0 Å². The molecule has 110 valence electrons. The number of hydrogen-bond donors (Lipinski definition) is 3. The average molecular weight is 284 g/mol. The lowest BCUT2D eigenvalue weighted by atomic mass is 10.0. The summed E-state index contributed by atoms with van der Waals surface area (Å²) in [6.07, 6.45) is 0.800. The number of rotatable bonds is 5. The topological polar surface area (TPSA) is 61.4 Å². The molecule has 1 amide bonds. The largest absolute Gasteiger partial charge is 0.508 e. The minimum absolute atomic E-state index is 0.133. The molecule has 2 aromatic carbocycles. The first kappa shape index (κ1) is 15.1. The smallest absolute Gasteiger partial charge is 0.255 e. The van der Waals surface area contributed by atoms with Crippen molar-refractivity contribution in [2.24, 2.45) is 0 Å². The minimum Gasteiger partial charge on any atom is -0.508 e. The van der Waals surface area contributed by atoms with Gasteiger partial charge in [-0.15, -0.1) is 0 Å². The van der Waals surface area contributed by atoms with Gasteiger partial charge in [0.1, 0.15) is 5.75 Å². The Morgan fingerprint density at radius 1 is 1.19 bits per heavy atom. The molecule has 0 heterocycles. The van der Waals surface area contributed by atoms with E-state index in [9.17, 15) is 9.90 Å². The molecule has 0 aromatic heterocycles. The van der Waals surface area contributed by atoms with Crippen LogP contribution in [0.15, 0.2) is 42.5 Å². The predicted molar refractivity (Wildman–Crippen MR) is 84.9 cm³/mol. The van der Waals surface area contributed by atoms with E-state index in [1.807, 2.05) is 31.3 Å². The summed E-state index contributed by atoms with van der Waals surface area (Å²) in [7, 11) is 1.89. The monoisotopic (exact) mass is 284 g/mol. The number of carbonyl (C=O) groups excluding carboxylic acids is 1. The molecule has 0 atom stereocenters. The average Bonchev–Trinajstić information content (AvgIpc) is 2.49. The molecule has 2 aromatic rings. The second-order valence-corrected chi connectivity index (χ2v) is 4.97. The van der Waals surface area contributed by atoms with Crippen LogP contribution >= 0.6 is 0 Å². The van der Waals surface area contributed by atoms with Crippen molar-refractivity contribution in [1.82, 2.24) is 5.32 Å². The zero-order chi connectivity index (χ0) is 15.2. The number of likely N-dealkylation sites (N-methyl/N-ethyl adjacent to an activating group) is 1. The van der Waals surface area contributed by atoms with Crippen molar-refractivity contribution in [2.75, 3.05) is 18.9 Å². The molecular weight excluding hydrogens is 264 g/mol. The van der Waals surface area contributed by atoms with Crippen LogP contribution in [-0.4, -0.2) is 24.6 Å². The number of phenolic OH excluding ortho intramolecular Hbond substituents is 1. The number of carbonyl (C=O) groups is 1. The molecule has 0 aliphatic heterocycles. The highest BCUT2D eigenvalue weighted by Crippen LogP contribution is 2.21. The van der Waals surface area contributed by atoms with Crippen LogP contribution in [0.2, 0.25) is 0 Å². The van der Waals surface area contributed by atoms with E-state index >= 15 is 0 Å². The summed E-state index contributed by atoms with van der Waals surface area (Å²) in [6, 6.07) is 12.6. The molecule has 4 heteroatoms. The maximum Gasteiger partial charge on any atom is 0.255 e. The van der Waals surface area contributed by atoms with Crippen LogP contribution in [0.5, 0.6) is 5.75 Å². The Hall–Kier alpha value is -2.33. The Kier molecular flexibility index (Phi) is 4.95. The van der Waals surface area contributed by atoms with Crippen LogP contribution in [0.3, 0.4) is 0 Å². The third-order valence-corrected chi connectivity index (χ3v) is 3.36. The molecule has 2 rings (SSSR count). The number of nitrogens with one attached hydrogen (secondary N) is 2. The summed E-state index contributed by atoms with van der Waals surface area (Å²) in [5.74, 6) is 0.0919. The fraction of sp³-hybridized carbons (Fsp3) is 0.235. The number of amides is 1. The Balaban J connectivity index is 2.18. The van der Waals surface area contributed by atoms with Gasteiger partial charge in [-0.2, -0.15) is 0 Å². The van der Waals surface area contributed by atoms with Crippen molar-refractivity contribution >= 4 is 11.6 Å². The lowest BCUT2D eigenvalue weighted by Gasteiger charge is -2.11. The van der Waals surface area contributed by atoms with E-state index in [0.29, 0.717) is 11.3 Å². The van der Waals surface area contributed by atoms with Gasteiger partial charge in [0.15, 0.2) is 0 Å². The van der Waals surface area contributed by atoms with E-state index in [0.717, 1.165) is 24.1 Å². The third kappa shape index (κ3) is 3.83. The van der Waals surface area contributed by atoms with E-state index in [1.165, 1.54) is 0 Å². The Bertz CT molecular complexity index is 638. The molecule has 0 saturated carbocycles. The predicted octanol–water partition coefficient (Wildman–Crippen LogP) is 2.71. The highest BCUT2D eigenvalue weighted by molar-refractivity contribution is 6.05. The molecule has 0 aliphatic carbocycles.